The molecule has 2 rings (SSSR count). The minimum Gasteiger partial charge on any atom is -0.389 e. The van der Waals surface area contributed by atoms with Gasteiger partial charge in [0.2, 0.25) is 5.91 Å². The molecule has 0 radical (unpaired) electrons. The Hall–Kier alpha value is -1.56. The van der Waals surface area contributed by atoms with Crippen LogP contribution in [0.3, 0.4) is 0 Å². The molecule has 0 bridgehead atoms. The van der Waals surface area contributed by atoms with Crippen molar-refractivity contribution in [3.63, 3.8) is 0 Å². The molecule has 0 spiro atoms. The van der Waals surface area contributed by atoms with E-state index < -0.39 is 23.4 Å². The molecular weight excluding hydrogens is 295 g/mol. The van der Waals surface area contributed by atoms with Crippen LogP contribution in [0.2, 0.25) is 0 Å². The lowest BCUT2D eigenvalue weighted by Gasteiger charge is -2.23. The van der Waals surface area contributed by atoms with E-state index in [2.05, 4.69) is 5.32 Å². The molecule has 6 heteroatoms. The maximum atomic E-state index is 12.5. The molecule has 22 heavy (non-hydrogen) atoms. The van der Waals surface area contributed by atoms with Crippen molar-refractivity contribution in [2.75, 3.05) is 0 Å². The van der Waals surface area contributed by atoms with Crippen LogP contribution < -0.4 is 5.32 Å². The summed E-state index contributed by atoms with van der Waals surface area (Å²) in [6.45, 7) is 1.71. The minimum atomic E-state index is -4.36. The quantitative estimate of drug-likeness (QED) is 0.892. The Labute approximate surface area is 127 Å². The summed E-state index contributed by atoms with van der Waals surface area (Å²) in [4.78, 5) is 12.0. The number of carbonyl (C=O) groups excluding carboxylic acids is 1. The van der Waals surface area contributed by atoms with E-state index in [0.717, 1.165) is 25.0 Å². The molecule has 1 aromatic rings. The van der Waals surface area contributed by atoms with Gasteiger partial charge in [-0.15, -0.1) is 0 Å². The summed E-state index contributed by atoms with van der Waals surface area (Å²) in [6.07, 6.45) is -1.25. The maximum Gasteiger partial charge on any atom is 0.416 e. The number of rotatable bonds is 4. The van der Waals surface area contributed by atoms with E-state index in [1.807, 2.05) is 0 Å². The van der Waals surface area contributed by atoms with E-state index in [1.54, 1.807) is 6.92 Å². The Morgan fingerprint density at radius 2 is 1.82 bits per heavy atom. The van der Waals surface area contributed by atoms with Crippen molar-refractivity contribution in [1.82, 2.24) is 5.32 Å². The van der Waals surface area contributed by atoms with Gasteiger partial charge < -0.3 is 10.4 Å². The normalized spacial score (nSPS) is 19.0. The Morgan fingerprint density at radius 3 is 2.32 bits per heavy atom. The summed E-state index contributed by atoms with van der Waals surface area (Å²) in [5, 5.41) is 12.9. The number of halogens is 3. The molecule has 1 aromatic carbocycles. The number of amides is 1. The zero-order chi connectivity index (χ0) is 16.4. The molecule has 1 unspecified atom stereocenters. The Kier molecular flexibility index (Phi) is 4.80. The van der Waals surface area contributed by atoms with Crippen molar-refractivity contribution in [2.45, 2.75) is 56.8 Å². The zero-order valence-electron chi connectivity index (χ0n) is 12.4. The molecule has 122 valence electrons. The van der Waals surface area contributed by atoms with Gasteiger partial charge in [0.15, 0.2) is 0 Å². The second kappa shape index (κ2) is 6.28. The predicted octanol–water partition coefficient (Wildman–Crippen LogP) is 3.58. The van der Waals surface area contributed by atoms with E-state index in [4.69, 9.17) is 0 Å². The van der Waals surface area contributed by atoms with Gasteiger partial charge in [-0.25, -0.2) is 0 Å². The molecule has 1 aliphatic rings. The van der Waals surface area contributed by atoms with Gasteiger partial charge in [-0.1, -0.05) is 25.0 Å². The van der Waals surface area contributed by atoms with E-state index in [-0.39, 0.29) is 12.3 Å². The molecular formula is C16H20F3NO2. The van der Waals surface area contributed by atoms with Crippen molar-refractivity contribution in [2.24, 2.45) is 0 Å². The predicted molar refractivity (Wildman–Crippen MR) is 76.0 cm³/mol. The summed E-state index contributed by atoms with van der Waals surface area (Å²) in [6, 6.07) is 4.32. The monoisotopic (exact) mass is 315 g/mol. The van der Waals surface area contributed by atoms with Gasteiger partial charge >= 0.3 is 6.18 Å². The summed E-state index contributed by atoms with van der Waals surface area (Å²) in [5.41, 5.74) is -1.04. The van der Waals surface area contributed by atoms with Crippen LogP contribution in [0.4, 0.5) is 13.2 Å². The van der Waals surface area contributed by atoms with Crippen molar-refractivity contribution in [1.29, 1.82) is 0 Å². The lowest BCUT2D eigenvalue weighted by molar-refractivity contribution is -0.137. The zero-order valence-corrected chi connectivity index (χ0v) is 12.4. The summed E-state index contributed by atoms with van der Waals surface area (Å²) >= 11 is 0. The molecule has 1 saturated carbocycles. The highest BCUT2D eigenvalue weighted by Crippen LogP contribution is 2.33. The third-order valence-corrected chi connectivity index (χ3v) is 4.14. The average Bonchev–Trinajstić information content (AvgIpc) is 2.84. The number of nitrogens with one attached hydrogen (secondary N) is 1. The van der Waals surface area contributed by atoms with E-state index in [0.29, 0.717) is 18.4 Å². The highest BCUT2D eigenvalue weighted by atomic mass is 19.4. The third-order valence-electron chi connectivity index (χ3n) is 4.14. The van der Waals surface area contributed by atoms with Crippen LogP contribution in [0.5, 0.6) is 0 Å². The number of benzene rings is 1. The second-order valence-electron chi connectivity index (χ2n) is 6.02. The number of alkyl halides is 3. The fourth-order valence-corrected chi connectivity index (χ4v) is 2.85. The van der Waals surface area contributed by atoms with Crippen molar-refractivity contribution >= 4 is 5.91 Å². The Bertz CT molecular complexity index is 519. The van der Waals surface area contributed by atoms with Crippen molar-refractivity contribution in [3.05, 3.63) is 35.4 Å². The molecule has 1 aliphatic carbocycles. The van der Waals surface area contributed by atoms with Crippen LogP contribution in [0, 0.1) is 0 Å². The molecule has 0 saturated heterocycles. The van der Waals surface area contributed by atoms with Crippen LogP contribution in [0.25, 0.3) is 0 Å². The summed E-state index contributed by atoms with van der Waals surface area (Å²) < 4.78 is 37.5. The number of aliphatic hydroxyl groups is 1. The van der Waals surface area contributed by atoms with Gasteiger partial charge in [-0.3, -0.25) is 4.79 Å². The Morgan fingerprint density at radius 1 is 1.27 bits per heavy atom. The average molecular weight is 315 g/mol. The fourth-order valence-electron chi connectivity index (χ4n) is 2.85. The van der Waals surface area contributed by atoms with Gasteiger partial charge in [0.25, 0.3) is 0 Å². The lowest BCUT2D eigenvalue weighted by atomic mass is 9.97. The molecule has 3 nitrogen and oxygen atoms in total. The lowest BCUT2D eigenvalue weighted by Crippen LogP contribution is -2.35. The molecule has 0 heterocycles. The maximum absolute atomic E-state index is 12.5. The first-order chi connectivity index (χ1) is 10.2. The first kappa shape index (κ1) is 16.8. The Balaban J connectivity index is 1.94. The molecule has 1 fully saturated rings. The van der Waals surface area contributed by atoms with Gasteiger partial charge in [0, 0.05) is 0 Å². The van der Waals surface area contributed by atoms with Crippen molar-refractivity contribution in [3.8, 4) is 0 Å². The van der Waals surface area contributed by atoms with Crippen molar-refractivity contribution < 1.29 is 23.1 Å². The standard InChI is InChI=1S/C16H20F3NO2/c1-11(12-4-6-13(7-5-12)16(17,18)19)20-14(21)10-15(22)8-2-3-9-15/h4-7,11,22H,2-3,8-10H2,1H3,(H,20,21). The van der Waals surface area contributed by atoms with Crippen LogP contribution in [-0.4, -0.2) is 16.6 Å². The minimum absolute atomic E-state index is 0.0397. The fraction of sp³-hybridized carbons (Fsp3) is 0.562. The molecule has 1 amide bonds. The smallest absolute Gasteiger partial charge is 0.389 e. The number of hydrogen-bond donors (Lipinski definition) is 2. The summed E-state index contributed by atoms with van der Waals surface area (Å²) in [5.74, 6) is -0.281. The van der Waals surface area contributed by atoms with Gasteiger partial charge in [0.05, 0.1) is 23.6 Å². The highest BCUT2D eigenvalue weighted by Gasteiger charge is 2.34. The van der Waals surface area contributed by atoms with E-state index in [1.165, 1.54) is 12.1 Å². The molecule has 0 aliphatic heterocycles. The van der Waals surface area contributed by atoms with E-state index in [9.17, 15) is 23.1 Å². The molecule has 2 N–H and O–H groups in total. The second-order valence-corrected chi connectivity index (χ2v) is 6.02. The topological polar surface area (TPSA) is 49.3 Å². The van der Waals surface area contributed by atoms with Crippen LogP contribution in [0.15, 0.2) is 24.3 Å². The highest BCUT2D eigenvalue weighted by molar-refractivity contribution is 5.77. The van der Waals surface area contributed by atoms with Crippen LogP contribution in [-0.2, 0) is 11.0 Å². The number of hydrogen-bond acceptors (Lipinski definition) is 2. The van der Waals surface area contributed by atoms with E-state index >= 15 is 0 Å². The third kappa shape index (κ3) is 4.22. The SMILES string of the molecule is CC(NC(=O)CC1(O)CCCC1)c1ccc(C(F)(F)F)cc1. The van der Waals surface area contributed by atoms with Gasteiger partial charge in [-0.05, 0) is 37.5 Å². The van der Waals surface area contributed by atoms with Crippen LogP contribution >= 0.6 is 0 Å². The number of carbonyl (C=O) groups is 1. The summed E-state index contributed by atoms with van der Waals surface area (Å²) in [7, 11) is 0. The van der Waals surface area contributed by atoms with Gasteiger partial charge in [-0.2, -0.15) is 13.2 Å². The first-order valence-corrected chi connectivity index (χ1v) is 7.38. The molecule has 0 aromatic heterocycles. The van der Waals surface area contributed by atoms with Crippen LogP contribution in [0.1, 0.15) is 56.2 Å². The van der Waals surface area contributed by atoms with Gasteiger partial charge in [0.1, 0.15) is 0 Å². The largest absolute Gasteiger partial charge is 0.416 e. The molecule has 1 atom stereocenters. The first-order valence-electron chi connectivity index (χ1n) is 7.38.